The van der Waals surface area contributed by atoms with Crippen LogP contribution in [0.25, 0.3) is 10.7 Å². The van der Waals surface area contributed by atoms with Gasteiger partial charge in [-0.2, -0.15) is 5.10 Å². The third-order valence-electron chi connectivity index (χ3n) is 2.60. The number of nitrogens with one attached hydrogen (secondary N) is 1. The molecule has 2 aromatic heterocycles. The molecule has 18 heavy (non-hydrogen) atoms. The number of nitrogens with zero attached hydrogens (tertiary/aromatic N) is 2. The number of hydrogen-bond acceptors (Lipinski definition) is 5. The Morgan fingerprint density at radius 3 is 2.83 bits per heavy atom. The van der Waals surface area contributed by atoms with Crippen molar-refractivity contribution in [3.63, 3.8) is 0 Å². The average Bonchev–Trinajstić information content (AvgIpc) is 2.88. The zero-order chi connectivity index (χ0) is 13.3. The number of carbonyl (C=O) groups excluding carboxylic acids is 1. The van der Waals surface area contributed by atoms with Gasteiger partial charge in [-0.3, -0.25) is 9.67 Å². The molecule has 0 aliphatic rings. The summed E-state index contributed by atoms with van der Waals surface area (Å²) in [5, 5.41) is 20.0. The molecule has 0 unspecified atom stereocenters. The predicted octanol–water partition coefficient (Wildman–Crippen LogP) is 1.62. The van der Waals surface area contributed by atoms with E-state index in [4.69, 9.17) is 12.2 Å². The first-order chi connectivity index (χ1) is 8.52. The van der Waals surface area contributed by atoms with E-state index >= 15 is 0 Å². The van der Waals surface area contributed by atoms with Crippen LogP contribution in [-0.4, -0.2) is 20.7 Å². The van der Waals surface area contributed by atoms with Crippen LogP contribution in [0.15, 0.2) is 17.5 Å². The summed E-state index contributed by atoms with van der Waals surface area (Å²) >= 11 is 6.60. The van der Waals surface area contributed by atoms with Crippen LogP contribution in [0.1, 0.15) is 19.9 Å². The Morgan fingerprint density at radius 2 is 2.33 bits per heavy atom. The highest BCUT2D eigenvalue weighted by molar-refractivity contribution is 7.71. The lowest BCUT2D eigenvalue weighted by molar-refractivity contribution is -0.311. The maximum absolute atomic E-state index is 11.3. The van der Waals surface area contributed by atoms with Gasteiger partial charge in [0.15, 0.2) is 10.6 Å². The molecule has 0 amide bonds. The standard InChI is InChI=1S/C11H13N3O2S2/c1-6(2)8(10(15)16)14-9(12-13-11(14)17)7-4-3-5-18-7/h3-6,8H,1-2H3,(H,13,17)(H,15,16)/p-1/t8-/m1/s1. The van der Waals surface area contributed by atoms with Crippen LogP contribution in [0.4, 0.5) is 0 Å². The minimum absolute atomic E-state index is 0.141. The molecule has 7 heteroatoms. The van der Waals surface area contributed by atoms with Gasteiger partial charge in [0, 0.05) is 0 Å². The summed E-state index contributed by atoms with van der Waals surface area (Å²) in [6.45, 7) is 3.63. The van der Waals surface area contributed by atoms with E-state index < -0.39 is 12.0 Å². The first-order valence-electron chi connectivity index (χ1n) is 5.44. The van der Waals surface area contributed by atoms with Crippen molar-refractivity contribution >= 4 is 29.5 Å². The van der Waals surface area contributed by atoms with E-state index in [0.717, 1.165) is 4.88 Å². The molecule has 0 fully saturated rings. The number of carbonyl (C=O) groups is 1. The van der Waals surface area contributed by atoms with Crippen molar-refractivity contribution in [2.75, 3.05) is 0 Å². The van der Waals surface area contributed by atoms with E-state index in [2.05, 4.69) is 10.2 Å². The summed E-state index contributed by atoms with van der Waals surface area (Å²) in [7, 11) is 0. The highest BCUT2D eigenvalue weighted by Crippen LogP contribution is 2.28. The molecule has 0 bridgehead atoms. The van der Waals surface area contributed by atoms with Gasteiger partial charge in [0.25, 0.3) is 0 Å². The molecule has 2 rings (SSSR count). The van der Waals surface area contributed by atoms with Crippen molar-refractivity contribution in [1.29, 1.82) is 0 Å². The molecule has 0 radical (unpaired) electrons. The van der Waals surface area contributed by atoms with Crippen LogP contribution >= 0.6 is 23.6 Å². The van der Waals surface area contributed by atoms with Crippen molar-refractivity contribution in [3.05, 3.63) is 22.3 Å². The molecule has 0 spiro atoms. The lowest BCUT2D eigenvalue weighted by Crippen LogP contribution is -2.36. The minimum Gasteiger partial charge on any atom is -0.548 e. The van der Waals surface area contributed by atoms with E-state index in [1.54, 1.807) is 0 Å². The first kappa shape index (κ1) is 13.0. The van der Waals surface area contributed by atoms with Crippen LogP contribution in [0.5, 0.6) is 0 Å². The molecule has 0 saturated carbocycles. The quantitative estimate of drug-likeness (QED) is 0.865. The van der Waals surface area contributed by atoms with Crippen molar-refractivity contribution in [1.82, 2.24) is 14.8 Å². The van der Waals surface area contributed by atoms with Gasteiger partial charge in [-0.1, -0.05) is 19.9 Å². The molecule has 2 aromatic rings. The zero-order valence-electron chi connectivity index (χ0n) is 9.91. The highest BCUT2D eigenvalue weighted by Gasteiger charge is 2.22. The number of hydrogen-bond donors (Lipinski definition) is 1. The SMILES string of the molecule is CC(C)[C@H](C(=O)[O-])n1c(-c2cccs2)n[nH]c1=S. The molecule has 0 aliphatic heterocycles. The van der Waals surface area contributed by atoms with Gasteiger partial charge in [0.05, 0.1) is 16.9 Å². The smallest absolute Gasteiger partial charge is 0.196 e. The highest BCUT2D eigenvalue weighted by atomic mass is 32.1. The number of carboxylic acids is 1. The van der Waals surface area contributed by atoms with Crippen LogP contribution in [0, 0.1) is 10.7 Å². The van der Waals surface area contributed by atoms with Crippen molar-refractivity contribution in [3.8, 4) is 10.7 Å². The molecular weight excluding hydrogens is 270 g/mol. The van der Waals surface area contributed by atoms with Gasteiger partial charge in [-0.15, -0.1) is 11.3 Å². The molecule has 5 nitrogen and oxygen atoms in total. The van der Waals surface area contributed by atoms with E-state index in [0.29, 0.717) is 10.6 Å². The van der Waals surface area contributed by atoms with Crippen LogP contribution in [-0.2, 0) is 4.79 Å². The van der Waals surface area contributed by atoms with Crippen LogP contribution < -0.4 is 5.11 Å². The summed E-state index contributed by atoms with van der Waals surface area (Å²) in [4.78, 5) is 12.2. The Balaban J connectivity index is 2.60. The second kappa shape index (κ2) is 5.03. The van der Waals surface area contributed by atoms with Crippen molar-refractivity contribution in [2.24, 2.45) is 5.92 Å². The average molecular weight is 282 g/mol. The minimum atomic E-state index is -1.15. The van der Waals surface area contributed by atoms with Crippen LogP contribution in [0.2, 0.25) is 0 Å². The Morgan fingerprint density at radius 1 is 1.61 bits per heavy atom. The normalized spacial score (nSPS) is 12.8. The fourth-order valence-electron chi connectivity index (χ4n) is 1.82. The number of aliphatic carboxylic acids is 1. The van der Waals surface area contributed by atoms with E-state index in [1.165, 1.54) is 15.9 Å². The Kier molecular flexibility index (Phi) is 3.63. The van der Waals surface area contributed by atoms with Crippen molar-refractivity contribution in [2.45, 2.75) is 19.9 Å². The van der Waals surface area contributed by atoms with Gasteiger partial charge >= 0.3 is 0 Å². The summed E-state index contributed by atoms with van der Waals surface area (Å²) in [6, 6.07) is 2.93. The third kappa shape index (κ3) is 2.23. The summed E-state index contributed by atoms with van der Waals surface area (Å²) < 4.78 is 1.81. The fourth-order valence-corrected chi connectivity index (χ4v) is 2.77. The fraction of sp³-hybridized carbons (Fsp3) is 0.364. The number of H-pyrrole nitrogens is 1. The van der Waals surface area contributed by atoms with E-state index in [1.807, 2.05) is 31.4 Å². The Hall–Kier alpha value is -1.47. The summed E-state index contributed by atoms with van der Waals surface area (Å²) in [5.74, 6) is -0.754. The summed E-state index contributed by atoms with van der Waals surface area (Å²) in [6.07, 6.45) is 0. The molecule has 0 saturated heterocycles. The summed E-state index contributed by atoms with van der Waals surface area (Å²) in [5.41, 5.74) is 0. The molecule has 1 atom stereocenters. The molecular formula is C11H12N3O2S2-. The third-order valence-corrected chi connectivity index (χ3v) is 3.75. The van der Waals surface area contributed by atoms with Gasteiger partial charge < -0.3 is 9.90 Å². The monoisotopic (exact) mass is 282 g/mol. The van der Waals surface area contributed by atoms with Crippen molar-refractivity contribution < 1.29 is 9.90 Å². The topological polar surface area (TPSA) is 73.7 Å². The number of thiophene rings is 1. The largest absolute Gasteiger partial charge is 0.548 e. The van der Waals surface area contributed by atoms with E-state index in [9.17, 15) is 9.90 Å². The Bertz CT molecular complexity index is 598. The Labute approximate surface area is 113 Å². The zero-order valence-corrected chi connectivity index (χ0v) is 11.5. The molecule has 2 heterocycles. The molecule has 96 valence electrons. The van der Waals surface area contributed by atoms with Crippen LogP contribution in [0.3, 0.4) is 0 Å². The number of rotatable bonds is 4. The lowest BCUT2D eigenvalue weighted by Gasteiger charge is -2.24. The number of aromatic amines is 1. The van der Waals surface area contributed by atoms with E-state index in [-0.39, 0.29) is 5.92 Å². The van der Waals surface area contributed by atoms with Gasteiger partial charge in [0.1, 0.15) is 0 Å². The molecule has 0 aromatic carbocycles. The predicted molar refractivity (Wildman–Crippen MR) is 69.6 cm³/mol. The second-order valence-electron chi connectivity index (χ2n) is 4.21. The number of carboxylic acid groups (broad SMARTS) is 1. The maximum Gasteiger partial charge on any atom is 0.196 e. The van der Waals surface area contributed by atoms with Gasteiger partial charge in [0.2, 0.25) is 0 Å². The molecule has 1 N–H and O–H groups in total. The first-order valence-corrected chi connectivity index (χ1v) is 6.72. The number of aromatic nitrogens is 3. The molecule has 0 aliphatic carbocycles. The second-order valence-corrected chi connectivity index (χ2v) is 5.54. The lowest BCUT2D eigenvalue weighted by atomic mass is 10.0. The maximum atomic E-state index is 11.3. The van der Waals surface area contributed by atoms with Gasteiger partial charge in [-0.25, -0.2) is 0 Å². The van der Waals surface area contributed by atoms with Gasteiger partial charge in [-0.05, 0) is 29.6 Å².